The first kappa shape index (κ1) is 24.6. The fourth-order valence-electron chi connectivity index (χ4n) is 6.40. The predicted molar refractivity (Wildman–Crippen MR) is 146 cm³/mol. The van der Waals surface area contributed by atoms with Crippen LogP contribution in [-0.4, -0.2) is 59.4 Å². The second-order valence-electron chi connectivity index (χ2n) is 10.4. The number of nitrogens with zero attached hydrogens (tertiary/aromatic N) is 2. The summed E-state index contributed by atoms with van der Waals surface area (Å²) in [5, 5.41) is 1.11. The second kappa shape index (κ2) is 10.2. The van der Waals surface area contributed by atoms with E-state index in [4.69, 9.17) is 9.47 Å². The summed E-state index contributed by atoms with van der Waals surface area (Å²) in [6.45, 7) is 3.18. The Hall–Kier alpha value is -3.74. The molecule has 2 aliphatic heterocycles. The van der Waals surface area contributed by atoms with Gasteiger partial charge in [0, 0.05) is 29.6 Å². The summed E-state index contributed by atoms with van der Waals surface area (Å²) in [6.07, 6.45) is 8.36. The molecule has 6 rings (SSSR count). The number of hydrogen-bond donors (Lipinski definition) is 1. The third-order valence-electron chi connectivity index (χ3n) is 8.23. The molecule has 0 spiro atoms. The summed E-state index contributed by atoms with van der Waals surface area (Å²) in [7, 11) is 1.62. The van der Waals surface area contributed by atoms with Gasteiger partial charge in [0.05, 0.1) is 26.3 Å². The number of methoxy groups -OCH3 is 1. The molecule has 2 aromatic carbocycles. The van der Waals surface area contributed by atoms with Crippen molar-refractivity contribution in [2.24, 2.45) is 0 Å². The van der Waals surface area contributed by atoms with Crippen LogP contribution in [0.2, 0.25) is 0 Å². The molecule has 1 N–H and O–H groups in total. The van der Waals surface area contributed by atoms with Gasteiger partial charge in [0.15, 0.2) is 11.5 Å². The average Bonchev–Trinajstić information content (AvgIpc) is 3.32. The number of carbonyl (C=O) groups excluding carboxylic acids is 2. The number of hydrogen-bond acceptors (Lipinski definition) is 4. The van der Waals surface area contributed by atoms with E-state index >= 15 is 0 Å². The van der Waals surface area contributed by atoms with Crippen molar-refractivity contribution in [3.8, 4) is 11.5 Å². The first-order valence-corrected chi connectivity index (χ1v) is 13.8. The molecular formula is C31H35N3O4. The minimum absolute atomic E-state index is 0.0191. The van der Waals surface area contributed by atoms with E-state index in [9.17, 15) is 9.59 Å². The SMILES string of the molecule is CCOc1ccc([C@@H]2c3[nH]c4ccccc4c3C[C@H]3C(=O)N(CCC4=CCCCC4)CC(=O)N23)cc1OC. The molecule has 1 saturated heterocycles. The molecule has 2 amide bonds. The number of aromatic nitrogens is 1. The molecule has 0 radical (unpaired) electrons. The molecule has 1 aliphatic carbocycles. The van der Waals surface area contributed by atoms with Crippen LogP contribution in [0.4, 0.5) is 0 Å². The largest absolute Gasteiger partial charge is 0.493 e. The molecule has 1 fully saturated rings. The number of fused-ring (bicyclic) bond motifs is 4. The normalized spacial score (nSPS) is 21.3. The molecule has 38 heavy (non-hydrogen) atoms. The van der Waals surface area contributed by atoms with Crippen LogP contribution in [0.1, 0.15) is 61.9 Å². The number of ether oxygens (including phenoxy) is 2. The molecule has 0 unspecified atom stereocenters. The van der Waals surface area contributed by atoms with Crippen LogP contribution in [0.15, 0.2) is 54.1 Å². The van der Waals surface area contributed by atoms with E-state index in [1.807, 2.05) is 42.2 Å². The predicted octanol–water partition coefficient (Wildman–Crippen LogP) is 5.15. The molecule has 3 aromatic rings. The fraction of sp³-hybridized carbons (Fsp3) is 0.419. The highest BCUT2D eigenvalue weighted by molar-refractivity contribution is 5.97. The maximum Gasteiger partial charge on any atom is 0.246 e. The molecule has 3 heterocycles. The Morgan fingerprint density at radius 2 is 1.95 bits per heavy atom. The van der Waals surface area contributed by atoms with Gasteiger partial charge in [-0.2, -0.15) is 0 Å². The highest BCUT2D eigenvalue weighted by Crippen LogP contribution is 2.44. The average molecular weight is 514 g/mol. The lowest BCUT2D eigenvalue weighted by molar-refractivity contribution is -0.158. The standard InChI is InChI=1S/C31H35N3O4/c1-3-38-26-14-13-21(17-27(26)37-2)30-29-23(22-11-7-8-12-24(22)32-29)18-25-31(36)33(19-28(35)34(25)30)16-15-20-9-5-4-6-10-20/h7-9,11-14,17,25,30,32H,3-6,10,15-16,18-19H2,1-2H3/t25-,30+/m0/s1. The van der Waals surface area contributed by atoms with Gasteiger partial charge in [0.2, 0.25) is 11.8 Å². The number of piperazine rings is 1. The van der Waals surface area contributed by atoms with Crippen molar-refractivity contribution in [2.75, 3.05) is 26.8 Å². The number of aromatic amines is 1. The first-order chi connectivity index (χ1) is 18.6. The minimum atomic E-state index is -0.536. The lowest BCUT2D eigenvalue weighted by Gasteiger charge is -2.47. The molecule has 0 bridgehead atoms. The van der Waals surface area contributed by atoms with Gasteiger partial charge in [-0.1, -0.05) is 35.9 Å². The molecule has 0 saturated carbocycles. The van der Waals surface area contributed by atoms with Crippen LogP contribution in [0.5, 0.6) is 11.5 Å². The molecule has 7 nitrogen and oxygen atoms in total. The van der Waals surface area contributed by atoms with Gasteiger partial charge in [-0.15, -0.1) is 0 Å². The first-order valence-electron chi connectivity index (χ1n) is 13.8. The van der Waals surface area contributed by atoms with Crippen LogP contribution < -0.4 is 9.47 Å². The number of rotatable bonds is 7. The highest BCUT2D eigenvalue weighted by atomic mass is 16.5. The topological polar surface area (TPSA) is 74.9 Å². The van der Waals surface area contributed by atoms with Crippen molar-refractivity contribution in [3.05, 3.63) is 70.9 Å². The Morgan fingerprint density at radius 3 is 2.74 bits per heavy atom. The number of nitrogens with one attached hydrogen (secondary N) is 1. The number of para-hydroxylation sites is 1. The smallest absolute Gasteiger partial charge is 0.246 e. The van der Waals surface area contributed by atoms with Gasteiger partial charge < -0.3 is 24.3 Å². The summed E-state index contributed by atoms with van der Waals surface area (Å²) >= 11 is 0. The molecule has 7 heteroatoms. The van der Waals surface area contributed by atoms with Gasteiger partial charge in [-0.3, -0.25) is 9.59 Å². The minimum Gasteiger partial charge on any atom is -0.493 e. The van der Waals surface area contributed by atoms with Crippen LogP contribution in [-0.2, 0) is 16.0 Å². The Morgan fingerprint density at radius 1 is 1.08 bits per heavy atom. The number of carbonyl (C=O) groups is 2. The van der Waals surface area contributed by atoms with E-state index in [1.54, 1.807) is 12.0 Å². The summed E-state index contributed by atoms with van der Waals surface area (Å²) in [5.74, 6) is 1.30. The van der Waals surface area contributed by atoms with Gasteiger partial charge in [-0.25, -0.2) is 0 Å². The molecule has 2 atom stereocenters. The summed E-state index contributed by atoms with van der Waals surface area (Å²) < 4.78 is 11.4. The maximum absolute atomic E-state index is 13.9. The van der Waals surface area contributed by atoms with Crippen molar-refractivity contribution in [2.45, 2.75) is 57.5 Å². The number of allylic oxidation sites excluding steroid dienone is 1. The fourth-order valence-corrected chi connectivity index (χ4v) is 6.40. The van der Waals surface area contributed by atoms with Crippen molar-refractivity contribution < 1.29 is 19.1 Å². The lowest BCUT2D eigenvalue weighted by Crippen LogP contribution is -2.63. The summed E-state index contributed by atoms with van der Waals surface area (Å²) in [6, 6.07) is 13.0. The van der Waals surface area contributed by atoms with E-state index < -0.39 is 12.1 Å². The number of H-pyrrole nitrogens is 1. The Balaban J connectivity index is 1.40. The number of benzene rings is 2. The lowest BCUT2D eigenvalue weighted by atomic mass is 9.86. The van der Waals surface area contributed by atoms with Crippen molar-refractivity contribution in [1.82, 2.24) is 14.8 Å². The van der Waals surface area contributed by atoms with Crippen LogP contribution in [0, 0.1) is 0 Å². The zero-order chi connectivity index (χ0) is 26.2. The van der Waals surface area contributed by atoms with Crippen molar-refractivity contribution in [3.63, 3.8) is 0 Å². The quantitative estimate of drug-likeness (QED) is 0.444. The van der Waals surface area contributed by atoms with Crippen LogP contribution in [0.25, 0.3) is 10.9 Å². The monoisotopic (exact) mass is 513 g/mol. The summed E-state index contributed by atoms with van der Waals surface area (Å²) in [5.41, 5.74) is 5.40. The summed E-state index contributed by atoms with van der Waals surface area (Å²) in [4.78, 5) is 34.9. The zero-order valence-electron chi connectivity index (χ0n) is 22.2. The zero-order valence-corrected chi connectivity index (χ0v) is 22.2. The van der Waals surface area contributed by atoms with Crippen molar-refractivity contribution in [1.29, 1.82) is 0 Å². The Kier molecular flexibility index (Phi) is 6.60. The number of amides is 2. The second-order valence-corrected chi connectivity index (χ2v) is 10.4. The molecular weight excluding hydrogens is 478 g/mol. The van der Waals surface area contributed by atoms with Gasteiger partial charge in [0.1, 0.15) is 6.04 Å². The maximum atomic E-state index is 13.9. The van der Waals surface area contributed by atoms with E-state index in [0.29, 0.717) is 31.1 Å². The van der Waals surface area contributed by atoms with Crippen molar-refractivity contribution >= 4 is 22.7 Å². The molecule has 3 aliphatic rings. The van der Waals surface area contributed by atoms with E-state index in [0.717, 1.165) is 47.0 Å². The van der Waals surface area contributed by atoms with E-state index in [2.05, 4.69) is 23.2 Å². The third-order valence-corrected chi connectivity index (χ3v) is 8.23. The van der Waals surface area contributed by atoms with Gasteiger partial charge in [-0.05, 0) is 68.4 Å². The third kappa shape index (κ3) is 4.24. The van der Waals surface area contributed by atoms with Gasteiger partial charge in [0.25, 0.3) is 0 Å². The molecule has 1 aromatic heterocycles. The van der Waals surface area contributed by atoms with Crippen LogP contribution in [0.3, 0.4) is 0 Å². The highest BCUT2D eigenvalue weighted by Gasteiger charge is 2.48. The van der Waals surface area contributed by atoms with Crippen LogP contribution >= 0.6 is 0 Å². The molecule has 198 valence electrons. The Labute approximate surface area is 223 Å². The van der Waals surface area contributed by atoms with E-state index in [-0.39, 0.29) is 18.4 Å². The van der Waals surface area contributed by atoms with Gasteiger partial charge >= 0.3 is 0 Å². The Bertz CT molecular complexity index is 1410. The van der Waals surface area contributed by atoms with E-state index in [1.165, 1.54) is 18.4 Å².